The third-order valence-electron chi connectivity index (χ3n) is 2.57. The highest BCUT2D eigenvalue weighted by atomic mass is 32.2. The van der Waals surface area contributed by atoms with Crippen LogP contribution >= 0.6 is 11.8 Å². The van der Waals surface area contributed by atoms with Crippen LogP contribution in [0.3, 0.4) is 0 Å². The Morgan fingerprint density at radius 2 is 2.13 bits per heavy atom. The van der Waals surface area contributed by atoms with Gasteiger partial charge in [-0.05, 0) is 30.7 Å². The molecule has 2 nitrogen and oxygen atoms in total. The largest absolute Gasteiger partial charge is 0.326 e. The van der Waals surface area contributed by atoms with Crippen molar-refractivity contribution >= 4 is 23.4 Å². The summed E-state index contributed by atoms with van der Waals surface area (Å²) in [7, 11) is 0. The van der Waals surface area contributed by atoms with Crippen molar-refractivity contribution in [2.24, 2.45) is 5.92 Å². The number of carbonyl (C=O) groups is 1. The normalized spacial score (nSPS) is 20.9. The van der Waals surface area contributed by atoms with E-state index < -0.39 is 0 Å². The van der Waals surface area contributed by atoms with E-state index >= 15 is 0 Å². The molecular formula is C12H15NOS. The lowest BCUT2D eigenvalue weighted by Crippen LogP contribution is -2.26. The molecule has 1 aliphatic rings. The zero-order valence-corrected chi connectivity index (χ0v) is 9.43. The summed E-state index contributed by atoms with van der Waals surface area (Å²) >= 11 is 1.88. The summed E-state index contributed by atoms with van der Waals surface area (Å²) in [6.45, 7) is 0. The maximum Gasteiger partial charge on any atom is 0.228 e. The Morgan fingerprint density at radius 1 is 1.33 bits per heavy atom. The molecule has 1 aliphatic heterocycles. The summed E-state index contributed by atoms with van der Waals surface area (Å²) in [6.07, 6.45) is 2.20. The molecule has 1 heterocycles. The third kappa shape index (κ3) is 2.99. The van der Waals surface area contributed by atoms with Gasteiger partial charge in [0.1, 0.15) is 0 Å². The monoisotopic (exact) mass is 221 g/mol. The first-order valence-corrected chi connectivity index (χ1v) is 6.45. The molecule has 2 rings (SSSR count). The smallest absolute Gasteiger partial charge is 0.228 e. The number of thioether (sulfide) groups is 1. The number of para-hydroxylation sites is 1. The lowest BCUT2D eigenvalue weighted by atomic mass is 10.0. The van der Waals surface area contributed by atoms with Crippen LogP contribution in [0.5, 0.6) is 0 Å². The van der Waals surface area contributed by atoms with Gasteiger partial charge < -0.3 is 5.32 Å². The van der Waals surface area contributed by atoms with Crippen LogP contribution in [0.1, 0.15) is 12.8 Å². The minimum atomic E-state index is 0.174. The van der Waals surface area contributed by atoms with Gasteiger partial charge in [-0.1, -0.05) is 18.2 Å². The highest BCUT2D eigenvalue weighted by Gasteiger charge is 2.21. The second-order valence-electron chi connectivity index (χ2n) is 3.77. The fourth-order valence-electron chi connectivity index (χ4n) is 1.71. The molecule has 0 radical (unpaired) electrons. The molecule has 1 saturated heterocycles. The summed E-state index contributed by atoms with van der Waals surface area (Å²) in [4.78, 5) is 11.8. The number of rotatable bonds is 2. The number of nitrogens with one attached hydrogen (secondary N) is 1. The van der Waals surface area contributed by atoms with Crippen molar-refractivity contribution in [3.63, 3.8) is 0 Å². The summed E-state index contributed by atoms with van der Waals surface area (Å²) in [6, 6.07) is 9.67. The molecule has 1 atom stereocenters. The lowest BCUT2D eigenvalue weighted by Gasteiger charge is -2.20. The number of hydrogen-bond donors (Lipinski definition) is 1. The van der Waals surface area contributed by atoms with Crippen molar-refractivity contribution in [2.45, 2.75) is 12.8 Å². The Kier molecular flexibility index (Phi) is 3.67. The van der Waals surface area contributed by atoms with Gasteiger partial charge in [0, 0.05) is 17.4 Å². The van der Waals surface area contributed by atoms with E-state index in [9.17, 15) is 4.79 Å². The van der Waals surface area contributed by atoms with Gasteiger partial charge in [0.25, 0.3) is 0 Å². The van der Waals surface area contributed by atoms with Gasteiger partial charge in [0.2, 0.25) is 5.91 Å². The molecule has 15 heavy (non-hydrogen) atoms. The van der Waals surface area contributed by atoms with Gasteiger partial charge in [-0.3, -0.25) is 4.79 Å². The van der Waals surface area contributed by atoms with Crippen LogP contribution in [0.25, 0.3) is 0 Å². The fourth-order valence-corrected chi connectivity index (χ4v) is 2.85. The lowest BCUT2D eigenvalue weighted by molar-refractivity contribution is -0.119. The highest BCUT2D eigenvalue weighted by molar-refractivity contribution is 7.99. The Bertz CT molecular complexity index is 320. The number of amides is 1. The molecule has 1 unspecified atom stereocenters. The Balaban J connectivity index is 1.91. The van der Waals surface area contributed by atoms with Gasteiger partial charge in [-0.25, -0.2) is 0 Å². The molecule has 1 aromatic rings. The van der Waals surface area contributed by atoms with Crippen LogP contribution in [-0.4, -0.2) is 17.4 Å². The first-order valence-electron chi connectivity index (χ1n) is 5.30. The first kappa shape index (κ1) is 10.6. The van der Waals surface area contributed by atoms with Crippen molar-refractivity contribution in [1.29, 1.82) is 0 Å². The van der Waals surface area contributed by atoms with E-state index in [2.05, 4.69) is 5.32 Å². The van der Waals surface area contributed by atoms with E-state index in [0.717, 1.165) is 24.3 Å². The minimum absolute atomic E-state index is 0.174. The molecule has 3 heteroatoms. The van der Waals surface area contributed by atoms with Crippen LogP contribution in [0.15, 0.2) is 30.3 Å². The highest BCUT2D eigenvalue weighted by Crippen LogP contribution is 2.23. The summed E-state index contributed by atoms with van der Waals surface area (Å²) in [5, 5.41) is 2.96. The molecule has 0 saturated carbocycles. The Labute approximate surface area is 94.4 Å². The number of carbonyl (C=O) groups excluding carboxylic acids is 1. The summed E-state index contributed by atoms with van der Waals surface area (Å²) in [5.41, 5.74) is 0.901. The second kappa shape index (κ2) is 5.21. The van der Waals surface area contributed by atoms with Crippen molar-refractivity contribution in [1.82, 2.24) is 0 Å². The van der Waals surface area contributed by atoms with Gasteiger partial charge in [-0.2, -0.15) is 11.8 Å². The minimum Gasteiger partial charge on any atom is -0.326 e. The van der Waals surface area contributed by atoms with Crippen molar-refractivity contribution in [3.05, 3.63) is 30.3 Å². The summed E-state index contributed by atoms with van der Waals surface area (Å²) < 4.78 is 0. The molecule has 0 aliphatic carbocycles. The van der Waals surface area contributed by atoms with Crippen LogP contribution in [0.2, 0.25) is 0 Å². The third-order valence-corrected chi connectivity index (χ3v) is 3.79. The average molecular weight is 221 g/mol. The average Bonchev–Trinajstić information content (AvgIpc) is 2.31. The van der Waals surface area contributed by atoms with E-state index in [4.69, 9.17) is 0 Å². The quantitative estimate of drug-likeness (QED) is 0.832. The topological polar surface area (TPSA) is 29.1 Å². The molecule has 1 aromatic carbocycles. The van der Waals surface area contributed by atoms with E-state index in [1.54, 1.807) is 0 Å². The SMILES string of the molecule is O=C(Nc1ccccc1)C1CCCSC1. The van der Waals surface area contributed by atoms with Crippen molar-refractivity contribution in [3.8, 4) is 0 Å². The Morgan fingerprint density at radius 3 is 2.80 bits per heavy atom. The molecule has 0 bridgehead atoms. The second-order valence-corrected chi connectivity index (χ2v) is 4.92. The molecule has 80 valence electrons. The predicted octanol–water partition coefficient (Wildman–Crippen LogP) is 2.77. The molecule has 1 amide bonds. The number of benzene rings is 1. The Hall–Kier alpha value is -0.960. The molecule has 0 aromatic heterocycles. The van der Waals surface area contributed by atoms with Crippen molar-refractivity contribution < 1.29 is 4.79 Å². The van der Waals surface area contributed by atoms with Gasteiger partial charge in [0.05, 0.1) is 0 Å². The number of hydrogen-bond acceptors (Lipinski definition) is 2. The van der Waals surface area contributed by atoms with Crippen LogP contribution in [0.4, 0.5) is 5.69 Å². The zero-order valence-electron chi connectivity index (χ0n) is 8.61. The fraction of sp³-hybridized carbons (Fsp3) is 0.417. The maximum absolute atomic E-state index is 11.8. The number of anilines is 1. The van der Waals surface area contributed by atoms with E-state index in [-0.39, 0.29) is 11.8 Å². The van der Waals surface area contributed by atoms with Crippen molar-refractivity contribution in [2.75, 3.05) is 16.8 Å². The van der Waals surface area contributed by atoms with Crippen LogP contribution in [-0.2, 0) is 4.79 Å². The van der Waals surface area contributed by atoms with E-state index in [1.165, 1.54) is 5.75 Å². The summed E-state index contributed by atoms with van der Waals surface area (Å²) in [5.74, 6) is 2.55. The van der Waals surface area contributed by atoms with E-state index in [1.807, 2.05) is 42.1 Å². The predicted molar refractivity (Wildman–Crippen MR) is 65.1 cm³/mol. The van der Waals surface area contributed by atoms with Gasteiger partial charge >= 0.3 is 0 Å². The molecular weight excluding hydrogens is 206 g/mol. The van der Waals surface area contributed by atoms with Crippen LogP contribution in [0, 0.1) is 5.92 Å². The maximum atomic E-state index is 11.8. The molecule has 1 N–H and O–H groups in total. The molecule has 1 fully saturated rings. The first-order chi connectivity index (χ1) is 7.36. The van der Waals surface area contributed by atoms with E-state index in [0.29, 0.717) is 0 Å². The van der Waals surface area contributed by atoms with Gasteiger partial charge in [-0.15, -0.1) is 0 Å². The zero-order chi connectivity index (χ0) is 10.5. The van der Waals surface area contributed by atoms with Crippen LogP contribution < -0.4 is 5.32 Å². The molecule has 0 spiro atoms. The van der Waals surface area contributed by atoms with Gasteiger partial charge in [0.15, 0.2) is 0 Å². The standard InChI is InChI=1S/C12H15NOS/c14-12(10-5-4-8-15-9-10)13-11-6-2-1-3-7-11/h1-3,6-7,10H,4-5,8-9H2,(H,13,14).